The smallest absolute Gasteiger partial charge is 0.232 e. The second kappa shape index (κ2) is 3.65. The van der Waals surface area contributed by atoms with E-state index < -0.39 is 11.7 Å². The van der Waals surface area contributed by atoms with Crippen molar-refractivity contribution in [3.05, 3.63) is 34.7 Å². The molecule has 0 heterocycles. The minimum absolute atomic E-state index is 0.106. The van der Waals surface area contributed by atoms with Gasteiger partial charge >= 0.3 is 6.18 Å². The lowest BCUT2D eigenvalue weighted by Crippen LogP contribution is -2.10. The highest BCUT2D eigenvalue weighted by Gasteiger charge is 2.30. The van der Waals surface area contributed by atoms with Crippen LogP contribution in [-0.2, 0) is 6.18 Å². The van der Waals surface area contributed by atoms with Crippen LogP contribution >= 0.6 is 0 Å². The lowest BCUT2D eigenvalue weighted by molar-refractivity contribution is -0.137. The summed E-state index contributed by atoms with van der Waals surface area (Å²) in [6.07, 6.45) is -4.40. The highest BCUT2D eigenvalue weighted by molar-refractivity contribution is 5.47. The van der Waals surface area contributed by atoms with Crippen molar-refractivity contribution in [1.29, 1.82) is 0 Å². The van der Waals surface area contributed by atoms with Gasteiger partial charge < -0.3 is 0 Å². The molecule has 0 unspecified atom stereocenters. The van der Waals surface area contributed by atoms with Gasteiger partial charge in [-0.1, -0.05) is 6.07 Å². The van der Waals surface area contributed by atoms with Gasteiger partial charge in [0.25, 0.3) is 0 Å². The summed E-state index contributed by atoms with van der Waals surface area (Å²) in [5.41, 5.74) is -0.694. The molecule has 0 aliphatic heterocycles. The molecular formula is C8H7F3N2O. The summed E-state index contributed by atoms with van der Waals surface area (Å²) in [6.45, 7) is 0. The predicted octanol–water partition coefficient (Wildman–Crippen LogP) is 2.82. The quantitative estimate of drug-likeness (QED) is 0.548. The summed E-state index contributed by atoms with van der Waals surface area (Å²) in [6, 6.07) is 4.39. The van der Waals surface area contributed by atoms with Crippen LogP contribution in [0.1, 0.15) is 5.56 Å². The van der Waals surface area contributed by atoms with E-state index in [2.05, 4.69) is 5.29 Å². The lowest BCUT2D eigenvalue weighted by atomic mass is 10.2. The minimum atomic E-state index is -4.40. The molecule has 0 spiro atoms. The monoisotopic (exact) mass is 204 g/mol. The number of hydrogen-bond donors (Lipinski definition) is 0. The number of hydrogen-bond acceptors (Lipinski definition) is 2. The van der Waals surface area contributed by atoms with E-state index in [1.807, 2.05) is 0 Å². The van der Waals surface area contributed by atoms with Crippen LogP contribution in [0, 0.1) is 4.91 Å². The van der Waals surface area contributed by atoms with Gasteiger partial charge in [-0.3, -0.25) is 0 Å². The summed E-state index contributed by atoms with van der Waals surface area (Å²) in [5, 5.41) is 3.33. The zero-order valence-electron chi connectivity index (χ0n) is 7.25. The molecule has 76 valence electrons. The average Bonchev–Trinajstić information content (AvgIpc) is 2.15. The van der Waals surface area contributed by atoms with E-state index in [1.165, 1.54) is 19.2 Å². The van der Waals surface area contributed by atoms with Gasteiger partial charge in [-0.05, 0) is 18.2 Å². The third-order valence-electron chi connectivity index (χ3n) is 1.67. The maximum absolute atomic E-state index is 12.2. The van der Waals surface area contributed by atoms with Gasteiger partial charge in [0.2, 0.25) is 0 Å². The van der Waals surface area contributed by atoms with Crippen molar-refractivity contribution in [3.63, 3.8) is 0 Å². The number of rotatable bonds is 2. The fourth-order valence-corrected chi connectivity index (χ4v) is 0.931. The first-order valence-electron chi connectivity index (χ1n) is 3.69. The molecule has 14 heavy (non-hydrogen) atoms. The number of anilines is 1. The minimum Gasteiger partial charge on any atom is -0.232 e. The number of nitrogens with zero attached hydrogens (tertiary/aromatic N) is 2. The average molecular weight is 204 g/mol. The van der Waals surface area contributed by atoms with Crippen molar-refractivity contribution in [2.45, 2.75) is 6.18 Å². The molecule has 0 bridgehead atoms. The summed E-state index contributed by atoms with van der Waals surface area (Å²) in [4.78, 5) is 10.1. The molecule has 3 nitrogen and oxygen atoms in total. The van der Waals surface area contributed by atoms with Crippen LogP contribution in [0.5, 0.6) is 0 Å². The number of halogens is 3. The van der Waals surface area contributed by atoms with E-state index in [0.717, 1.165) is 17.1 Å². The molecule has 1 aromatic rings. The number of nitroso groups, excluding NO2 is 1. The third kappa shape index (κ3) is 2.21. The fraction of sp³-hybridized carbons (Fsp3) is 0.250. The van der Waals surface area contributed by atoms with Gasteiger partial charge in [-0.25, -0.2) is 5.01 Å². The van der Waals surface area contributed by atoms with Crippen LogP contribution in [-0.4, -0.2) is 7.05 Å². The third-order valence-corrected chi connectivity index (χ3v) is 1.67. The van der Waals surface area contributed by atoms with E-state index in [1.54, 1.807) is 0 Å². The fourth-order valence-electron chi connectivity index (χ4n) is 0.931. The largest absolute Gasteiger partial charge is 0.416 e. The molecule has 1 rings (SSSR count). The summed E-state index contributed by atoms with van der Waals surface area (Å²) in [7, 11) is 1.28. The van der Waals surface area contributed by atoms with Crippen LogP contribution < -0.4 is 5.01 Å². The highest BCUT2D eigenvalue weighted by Crippen LogP contribution is 2.31. The first-order chi connectivity index (χ1) is 6.45. The first-order valence-corrected chi connectivity index (χ1v) is 3.69. The van der Waals surface area contributed by atoms with Crippen molar-refractivity contribution in [2.24, 2.45) is 5.29 Å². The molecule has 0 fully saturated rings. The highest BCUT2D eigenvalue weighted by atomic mass is 19.4. The zero-order chi connectivity index (χ0) is 10.8. The van der Waals surface area contributed by atoms with Crippen LogP contribution in [0.25, 0.3) is 0 Å². The molecule has 0 atom stereocenters. The van der Waals surface area contributed by atoms with Gasteiger partial charge in [-0.2, -0.15) is 13.2 Å². The Hall–Kier alpha value is -1.59. The SMILES string of the molecule is CN(N=O)c1cccc(C(F)(F)F)c1. The summed E-state index contributed by atoms with van der Waals surface area (Å²) < 4.78 is 36.6. The Labute approximate surface area is 78.1 Å². The van der Waals surface area contributed by atoms with E-state index in [9.17, 15) is 18.1 Å². The Morgan fingerprint density at radius 1 is 1.36 bits per heavy atom. The van der Waals surface area contributed by atoms with Gasteiger partial charge in [0.15, 0.2) is 0 Å². The van der Waals surface area contributed by atoms with Gasteiger partial charge in [0.1, 0.15) is 0 Å². The summed E-state index contributed by atoms with van der Waals surface area (Å²) >= 11 is 0. The summed E-state index contributed by atoms with van der Waals surface area (Å²) in [5.74, 6) is 0. The van der Waals surface area contributed by atoms with Gasteiger partial charge in [0.05, 0.1) is 16.5 Å². The number of benzene rings is 1. The molecule has 0 N–H and O–H groups in total. The molecule has 0 saturated heterocycles. The zero-order valence-corrected chi connectivity index (χ0v) is 7.25. The Bertz CT molecular complexity index is 338. The van der Waals surface area contributed by atoms with Crippen molar-refractivity contribution >= 4 is 5.69 Å². The maximum Gasteiger partial charge on any atom is 0.416 e. The van der Waals surface area contributed by atoms with Gasteiger partial charge in [-0.15, -0.1) is 4.91 Å². The Morgan fingerprint density at radius 3 is 2.50 bits per heavy atom. The lowest BCUT2D eigenvalue weighted by Gasteiger charge is -2.11. The second-order valence-electron chi connectivity index (χ2n) is 2.65. The van der Waals surface area contributed by atoms with E-state index in [0.29, 0.717) is 0 Å². The van der Waals surface area contributed by atoms with Crippen molar-refractivity contribution in [2.75, 3.05) is 12.1 Å². The molecule has 0 amide bonds. The Balaban J connectivity index is 3.07. The topological polar surface area (TPSA) is 32.7 Å². The molecule has 0 saturated carbocycles. The van der Waals surface area contributed by atoms with Gasteiger partial charge in [0, 0.05) is 7.05 Å². The standard InChI is InChI=1S/C8H7F3N2O/c1-13(12-14)7-4-2-3-6(5-7)8(9,10)11/h2-5H,1H3. The van der Waals surface area contributed by atoms with Crippen LogP contribution in [0.3, 0.4) is 0 Å². The van der Waals surface area contributed by atoms with Crippen molar-refractivity contribution in [3.8, 4) is 0 Å². The first kappa shape index (κ1) is 10.5. The molecule has 0 aliphatic carbocycles. The normalized spacial score (nSPS) is 11.1. The van der Waals surface area contributed by atoms with E-state index in [-0.39, 0.29) is 5.69 Å². The van der Waals surface area contributed by atoms with Crippen LogP contribution in [0.2, 0.25) is 0 Å². The van der Waals surface area contributed by atoms with Crippen LogP contribution in [0.15, 0.2) is 29.6 Å². The second-order valence-corrected chi connectivity index (χ2v) is 2.65. The Morgan fingerprint density at radius 2 is 2.00 bits per heavy atom. The molecule has 6 heteroatoms. The molecular weight excluding hydrogens is 197 g/mol. The predicted molar refractivity (Wildman–Crippen MR) is 45.6 cm³/mol. The molecule has 0 aromatic heterocycles. The maximum atomic E-state index is 12.2. The van der Waals surface area contributed by atoms with E-state index >= 15 is 0 Å². The van der Waals surface area contributed by atoms with E-state index in [4.69, 9.17) is 0 Å². The molecule has 1 aromatic carbocycles. The Kier molecular flexibility index (Phi) is 2.73. The number of alkyl halides is 3. The molecule has 0 aliphatic rings. The van der Waals surface area contributed by atoms with Crippen molar-refractivity contribution in [1.82, 2.24) is 0 Å². The van der Waals surface area contributed by atoms with Crippen LogP contribution in [0.4, 0.5) is 18.9 Å². The molecule has 0 radical (unpaired) electrons. The van der Waals surface area contributed by atoms with Crippen molar-refractivity contribution < 1.29 is 13.2 Å².